The van der Waals surface area contributed by atoms with Crippen molar-refractivity contribution in [2.24, 2.45) is 5.92 Å². The van der Waals surface area contributed by atoms with Crippen molar-refractivity contribution < 1.29 is 18.7 Å². The topological polar surface area (TPSA) is 35.5 Å². The molecule has 0 bridgehead atoms. The van der Waals surface area contributed by atoms with E-state index >= 15 is 0 Å². The van der Waals surface area contributed by atoms with Crippen LogP contribution in [0, 0.1) is 11.7 Å². The minimum absolute atomic E-state index is 0.0186. The van der Waals surface area contributed by atoms with Gasteiger partial charge in [-0.1, -0.05) is 28.1 Å². The van der Waals surface area contributed by atoms with Gasteiger partial charge in [-0.25, -0.2) is 4.39 Å². The highest BCUT2D eigenvalue weighted by Crippen LogP contribution is 2.48. The highest BCUT2D eigenvalue weighted by molar-refractivity contribution is 9.10. The molecule has 3 nitrogen and oxygen atoms in total. The number of carbonyl (C=O) groups is 1. The Morgan fingerprint density at radius 2 is 2.00 bits per heavy atom. The maximum absolute atomic E-state index is 14.2. The summed E-state index contributed by atoms with van der Waals surface area (Å²) in [6.45, 7) is 2.24. The van der Waals surface area contributed by atoms with Crippen LogP contribution in [-0.2, 0) is 16.0 Å². The Kier molecular flexibility index (Phi) is 4.74. The lowest BCUT2D eigenvalue weighted by atomic mass is 10.1. The molecule has 2 aromatic carbocycles. The zero-order valence-electron chi connectivity index (χ0n) is 14.5. The quantitative estimate of drug-likeness (QED) is 0.616. The maximum Gasteiger partial charge on any atom is 0.309 e. The van der Waals surface area contributed by atoms with Crippen LogP contribution in [0.25, 0.3) is 0 Å². The van der Waals surface area contributed by atoms with Crippen molar-refractivity contribution in [3.05, 3.63) is 63.4 Å². The number of carbonyl (C=O) groups excluding carboxylic acids is 1. The molecule has 26 heavy (non-hydrogen) atoms. The zero-order valence-corrected chi connectivity index (χ0v) is 16.1. The van der Waals surface area contributed by atoms with Gasteiger partial charge >= 0.3 is 5.97 Å². The molecule has 136 valence electrons. The number of halogens is 2. The lowest BCUT2D eigenvalue weighted by Crippen LogP contribution is -2.07. The zero-order chi connectivity index (χ0) is 18.3. The summed E-state index contributed by atoms with van der Waals surface area (Å²) in [4.78, 5) is 11.8. The Labute approximate surface area is 160 Å². The second-order valence-corrected chi connectivity index (χ2v) is 7.69. The van der Waals surface area contributed by atoms with E-state index in [1.54, 1.807) is 6.07 Å². The van der Waals surface area contributed by atoms with Crippen molar-refractivity contribution in [3.8, 4) is 5.75 Å². The first kappa shape index (κ1) is 17.5. The standard InChI is InChI=1S/C21H20BrFO3/c1-2-25-21(24)16-11-15(16)12-3-5-13(6-4-12)26-19-10-7-14-17(22)8-9-18(23)20(14)19/h3-6,8-9,15-16,19H,2,7,10-11H2,1H3/t15-,16+,19+/m0/s1. The van der Waals surface area contributed by atoms with Gasteiger partial charge < -0.3 is 9.47 Å². The molecular formula is C21H20BrFO3. The van der Waals surface area contributed by atoms with Gasteiger partial charge in [-0.05, 0) is 67.5 Å². The molecule has 1 saturated carbocycles. The van der Waals surface area contributed by atoms with E-state index < -0.39 is 0 Å². The predicted molar refractivity (Wildman–Crippen MR) is 99.7 cm³/mol. The fourth-order valence-corrected chi connectivity index (χ4v) is 4.32. The van der Waals surface area contributed by atoms with Crippen molar-refractivity contribution >= 4 is 21.9 Å². The van der Waals surface area contributed by atoms with E-state index in [0.29, 0.717) is 12.2 Å². The molecule has 3 atom stereocenters. The fraction of sp³-hybridized carbons (Fsp3) is 0.381. The smallest absolute Gasteiger partial charge is 0.309 e. The molecule has 0 aliphatic heterocycles. The first-order valence-corrected chi connectivity index (χ1v) is 9.77. The van der Waals surface area contributed by atoms with Gasteiger partial charge in [0.25, 0.3) is 0 Å². The minimum atomic E-state index is -0.262. The molecule has 2 aliphatic rings. The number of esters is 1. The third kappa shape index (κ3) is 3.25. The SMILES string of the molecule is CCOC(=O)[C@@H]1C[C@H]1c1ccc(O[C@@H]2CCc3c(Br)ccc(F)c32)cc1. The summed E-state index contributed by atoms with van der Waals surface area (Å²) in [6, 6.07) is 11.0. The molecule has 0 N–H and O–H groups in total. The van der Waals surface area contributed by atoms with Crippen LogP contribution in [-0.4, -0.2) is 12.6 Å². The molecule has 0 saturated heterocycles. The summed E-state index contributed by atoms with van der Waals surface area (Å²) >= 11 is 3.50. The molecule has 0 amide bonds. The summed E-state index contributed by atoms with van der Waals surface area (Å²) in [5, 5.41) is 0. The molecular weight excluding hydrogens is 399 g/mol. The van der Waals surface area contributed by atoms with Crippen molar-refractivity contribution in [2.45, 2.75) is 38.2 Å². The number of ether oxygens (including phenoxy) is 2. The molecule has 2 aliphatic carbocycles. The van der Waals surface area contributed by atoms with Gasteiger partial charge in [0.05, 0.1) is 12.5 Å². The minimum Gasteiger partial charge on any atom is -0.486 e. The van der Waals surface area contributed by atoms with Gasteiger partial charge in [0.15, 0.2) is 0 Å². The monoisotopic (exact) mass is 418 g/mol. The highest BCUT2D eigenvalue weighted by atomic mass is 79.9. The first-order chi connectivity index (χ1) is 12.6. The van der Waals surface area contributed by atoms with Crippen molar-refractivity contribution in [1.29, 1.82) is 0 Å². The van der Waals surface area contributed by atoms with E-state index in [-0.39, 0.29) is 29.7 Å². The number of fused-ring (bicyclic) bond motifs is 1. The molecule has 0 radical (unpaired) electrons. The van der Waals surface area contributed by atoms with Gasteiger partial charge in [0.1, 0.15) is 17.7 Å². The van der Waals surface area contributed by atoms with E-state index in [0.717, 1.165) is 40.6 Å². The van der Waals surface area contributed by atoms with Gasteiger partial charge in [-0.15, -0.1) is 0 Å². The van der Waals surface area contributed by atoms with Crippen LogP contribution in [0.1, 0.15) is 48.5 Å². The van der Waals surface area contributed by atoms with Crippen LogP contribution in [0.4, 0.5) is 4.39 Å². The van der Waals surface area contributed by atoms with Crippen LogP contribution in [0.15, 0.2) is 40.9 Å². The Morgan fingerprint density at radius 3 is 2.73 bits per heavy atom. The summed E-state index contributed by atoms with van der Waals surface area (Å²) < 4.78 is 26.3. The van der Waals surface area contributed by atoms with Gasteiger partial charge in [0.2, 0.25) is 0 Å². The molecule has 0 unspecified atom stereocenters. The molecule has 4 rings (SSSR count). The third-order valence-corrected chi connectivity index (χ3v) is 5.93. The van der Waals surface area contributed by atoms with Crippen LogP contribution in [0.5, 0.6) is 5.75 Å². The van der Waals surface area contributed by atoms with Crippen LogP contribution in [0.2, 0.25) is 0 Å². The molecule has 1 fully saturated rings. The fourth-order valence-electron chi connectivity index (χ4n) is 3.78. The normalized spacial score (nSPS) is 23.4. The molecule has 0 spiro atoms. The van der Waals surface area contributed by atoms with Crippen LogP contribution in [0.3, 0.4) is 0 Å². The number of rotatable bonds is 5. The summed E-state index contributed by atoms with van der Waals surface area (Å²) in [6.07, 6.45) is 2.15. The number of benzene rings is 2. The average Bonchev–Trinajstić information content (AvgIpc) is 3.33. The Morgan fingerprint density at radius 1 is 1.23 bits per heavy atom. The maximum atomic E-state index is 14.2. The first-order valence-electron chi connectivity index (χ1n) is 8.98. The predicted octanol–water partition coefficient (Wildman–Crippen LogP) is 5.32. The summed E-state index contributed by atoms with van der Waals surface area (Å²) in [5.74, 6) is 0.622. The molecule has 5 heteroatoms. The van der Waals surface area contributed by atoms with Crippen LogP contribution < -0.4 is 4.74 Å². The van der Waals surface area contributed by atoms with Crippen LogP contribution >= 0.6 is 15.9 Å². The number of hydrogen-bond donors (Lipinski definition) is 0. The van der Waals surface area contributed by atoms with E-state index in [1.807, 2.05) is 31.2 Å². The Balaban J connectivity index is 1.44. The van der Waals surface area contributed by atoms with Crippen molar-refractivity contribution in [3.63, 3.8) is 0 Å². The molecule has 0 aromatic heterocycles. The number of hydrogen-bond acceptors (Lipinski definition) is 3. The van der Waals surface area contributed by atoms with E-state index in [9.17, 15) is 9.18 Å². The van der Waals surface area contributed by atoms with Gasteiger partial charge in [0, 0.05) is 10.0 Å². The largest absolute Gasteiger partial charge is 0.486 e. The second kappa shape index (κ2) is 7.03. The molecule has 2 aromatic rings. The van der Waals surface area contributed by atoms with E-state index in [1.165, 1.54) is 6.07 Å². The van der Waals surface area contributed by atoms with E-state index in [4.69, 9.17) is 9.47 Å². The second-order valence-electron chi connectivity index (χ2n) is 6.84. The average molecular weight is 419 g/mol. The third-order valence-electron chi connectivity index (χ3n) is 5.19. The summed E-state index contributed by atoms with van der Waals surface area (Å²) in [7, 11) is 0. The van der Waals surface area contributed by atoms with Crippen molar-refractivity contribution in [1.82, 2.24) is 0 Å². The molecule has 0 heterocycles. The summed E-state index contributed by atoms with van der Waals surface area (Å²) in [5.41, 5.74) is 2.78. The highest BCUT2D eigenvalue weighted by Gasteiger charge is 2.45. The van der Waals surface area contributed by atoms with Crippen molar-refractivity contribution in [2.75, 3.05) is 6.61 Å². The Hall–Kier alpha value is -1.88. The van der Waals surface area contributed by atoms with Gasteiger partial charge in [-0.3, -0.25) is 4.79 Å². The lowest BCUT2D eigenvalue weighted by Gasteiger charge is -2.16. The Bertz CT molecular complexity index is 834. The van der Waals surface area contributed by atoms with E-state index in [2.05, 4.69) is 15.9 Å². The lowest BCUT2D eigenvalue weighted by molar-refractivity contribution is -0.144. The van der Waals surface area contributed by atoms with Gasteiger partial charge in [-0.2, -0.15) is 0 Å².